The summed E-state index contributed by atoms with van der Waals surface area (Å²) in [6.07, 6.45) is 4.71. The molecule has 1 saturated heterocycles. The number of aromatic nitrogens is 2. The smallest absolute Gasteiger partial charge is 0.226 e. The van der Waals surface area contributed by atoms with E-state index in [4.69, 9.17) is 5.73 Å². The molecule has 5 heteroatoms. The summed E-state index contributed by atoms with van der Waals surface area (Å²) in [5.74, 6) is 1.33. The summed E-state index contributed by atoms with van der Waals surface area (Å²) in [5.41, 5.74) is 7.97. The molecule has 1 aliphatic carbocycles. The molecule has 1 saturated carbocycles. The third-order valence-corrected chi connectivity index (χ3v) is 6.16. The van der Waals surface area contributed by atoms with Crippen molar-refractivity contribution < 1.29 is 4.79 Å². The van der Waals surface area contributed by atoms with Crippen LogP contribution in [0.25, 0.3) is 10.8 Å². The lowest BCUT2D eigenvalue weighted by atomic mass is 9.94. The summed E-state index contributed by atoms with van der Waals surface area (Å²) in [6.45, 7) is 1.58. The molecule has 0 radical (unpaired) electrons. The summed E-state index contributed by atoms with van der Waals surface area (Å²) in [5, 5.41) is 2.50. The van der Waals surface area contributed by atoms with E-state index in [9.17, 15) is 4.79 Å². The van der Waals surface area contributed by atoms with Crippen LogP contribution in [0.1, 0.15) is 42.4 Å². The fraction of sp³-hybridized carbons (Fsp3) is 0.348. The van der Waals surface area contributed by atoms with E-state index in [1.807, 2.05) is 11.0 Å². The summed E-state index contributed by atoms with van der Waals surface area (Å²) in [6, 6.07) is 16.9. The molecule has 142 valence electrons. The Bertz CT molecular complexity index is 1030. The number of hydrogen-bond donors (Lipinski definition) is 1. The molecule has 3 unspecified atom stereocenters. The van der Waals surface area contributed by atoms with Gasteiger partial charge in [-0.25, -0.2) is 9.97 Å². The van der Waals surface area contributed by atoms with Crippen LogP contribution in [0.5, 0.6) is 0 Å². The first-order valence-corrected chi connectivity index (χ1v) is 10.0. The lowest BCUT2D eigenvalue weighted by Crippen LogP contribution is -2.40. The first kappa shape index (κ1) is 17.2. The van der Waals surface area contributed by atoms with Crippen LogP contribution < -0.4 is 5.73 Å². The van der Waals surface area contributed by atoms with Crippen molar-refractivity contribution in [2.45, 2.75) is 31.1 Å². The molecule has 2 aliphatic rings. The van der Waals surface area contributed by atoms with E-state index in [1.54, 1.807) is 6.20 Å². The van der Waals surface area contributed by atoms with Gasteiger partial charge in [0.1, 0.15) is 0 Å². The summed E-state index contributed by atoms with van der Waals surface area (Å²) >= 11 is 0. The van der Waals surface area contributed by atoms with Gasteiger partial charge in [0, 0.05) is 31.1 Å². The predicted octanol–water partition coefficient (Wildman–Crippen LogP) is 3.72. The molecule has 2 aromatic carbocycles. The van der Waals surface area contributed by atoms with Gasteiger partial charge in [0.2, 0.25) is 11.9 Å². The number of piperidine rings is 1. The Morgan fingerprint density at radius 3 is 2.82 bits per heavy atom. The number of anilines is 1. The molecular formula is C23H24N4O. The van der Waals surface area contributed by atoms with E-state index >= 15 is 0 Å². The molecule has 28 heavy (non-hydrogen) atoms. The molecule has 3 aromatic rings. The second-order valence-electron chi connectivity index (χ2n) is 8.02. The highest BCUT2D eigenvalue weighted by Gasteiger charge is 2.46. The van der Waals surface area contributed by atoms with Crippen molar-refractivity contribution in [1.29, 1.82) is 0 Å². The van der Waals surface area contributed by atoms with E-state index in [1.165, 1.54) is 16.3 Å². The van der Waals surface area contributed by atoms with E-state index in [2.05, 4.69) is 52.4 Å². The molecule has 2 N–H and O–H groups in total. The molecule has 2 fully saturated rings. The summed E-state index contributed by atoms with van der Waals surface area (Å²) < 4.78 is 0. The number of hydrogen-bond acceptors (Lipinski definition) is 4. The van der Waals surface area contributed by atoms with Crippen LogP contribution in [-0.2, 0) is 4.79 Å². The molecule has 1 amide bonds. The molecule has 3 atom stereocenters. The highest BCUT2D eigenvalue weighted by molar-refractivity contribution is 5.86. The number of likely N-dealkylation sites (tertiary alicyclic amines) is 1. The molecular weight excluding hydrogens is 348 g/mol. The van der Waals surface area contributed by atoms with Crippen molar-refractivity contribution >= 4 is 22.6 Å². The van der Waals surface area contributed by atoms with Crippen LogP contribution in [0, 0.1) is 5.92 Å². The van der Waals surface area contributed by atoms with Crippen LogP contribution in [0.3, 0.4) is 0 Å². The van der Waals surface area contributed by atoms with Gasteiger partial charge in [0.25, 0.3) is 0 Å². The number of fused-ring (bicyclic) bond motifs is 1. The van der Waals surface area contributed by atoms with Crippen molar-refractivity contribution in [1.82, 2.24) is 14.9 Å². The van der Waals surface area contributed by atoms with Crippen molar-refractivity contribution in [2.75, 3.05) is 18.8 Å². The average Bonchev–Trinajstić information content (AvgIpc) is 3.54. The zero-order valence-electron chi connectivity index (χ0n) is 15.8. The predicted molar refractivity (Wildman–Crippen MR) is 110 cm³/mol. The number of nitrogens with two attached hydrogens (primary N) is 1. The molecule has 0 spiro atoms. The van der Waals surface area contributed by atoms with E-state index in [0.717, 1.165) is 38.0 Å². The van der Waals surface area contributed by atoms with Gasteiger partial charge in [-0.2, -0.15) is 0 Å². The molecule has 0 bridgehead atoms. The number of nitrogens with zero attached hydrogens (tertiary/aromatic N) is 3. The Balaban J connectivity index is 1.28. The standard InChI is InChI=1S/C23H24N4O/c24-23-25-10-9-21(26-23)18-6-3-11-27(14-18)22(28)20-13-19(20)17-8-7-15-4-1-2-5-16(15)12-17/h1-2,4-5,7-10,12,18-20H,3,6,11,13-14H2,(H2,24,25,26). The van der Waals surface area contributed by atoms with Crippen molar-refractivity contribution in [3.8, 4) is 0 Å². The maximum Gasteiger partial charge on any atom is 0.226 e. The van der Waals surface area contributed by atoms with Crippen LogP contribution in [-0.4, -0.2) is 33.9 Å². The van der Waals surface area contributed by atoms with Gasteiger partial charge in [0.05, 0.1) is 5.69 Å². The average molecular weight is 372 g/mol. The number of nitrogen functional groups attached to an aromatic ring is 1. The molecule has 5 nitrogen and oxygen atoms in total. The maximum atomic E-state index is 13.1. The second kappa shape index (κ2) is 6.89. The Kier molecular flexibility index (Phi) is 4.23. The maximum absolute atomic E-state index is 13.1. The van der Waals surface area contributed by atoms with Crippen molar-refractivity contribution in [3.05, 3.63) is 66.0 Å². The topological polar surface area (TPSA) is 72.1 Å². The number of carbonyl (C=O) groups is 1. The second-order valence-corrected chi connectivity index (χ2v) is 8.02. The van der Waals surface area contributed by atoms with Gasteiger partial charge >= 0.3 is 0 Å². The number of amides is 1. The number of carbonyl (C=O) groups excluding carboxylic acids is 1. The van der Waals surface area contributed by atoms with Gasteiger partial charge in [-0.05, 0) is 47.6 Å². The SMILES string of the molecule is Nc1nccc(C2CCCN(C(=O)C3CC3c3ccc4ccccc4c3)C2)n1. The monoisotopic (exact) mass is 372 g/mol. The minimum Gasteiger partial charge on any atom is -0.368 e. The quantitative estimate of drug-likeness (QED) is 0.760. The molecule has 5 rings (SSSR count). The minimum atomic E-state index is 0.121. The molecule has 1 aliphatic heterocycles. The summed E-state index contributed by atoms with van der Waals surface area (Å²) in [7, 11) is 0. The first-order valence-electron chi connectivity index (χ1n) is 10.0. The normalized spacial score (nSPS) is 24.3. The molecule has 2 heterocycles. The van der Waals surface area contributed by atoms with Gasteiger partial charge in [-0.1, -0.05) is 42.5 Å². The zero-order chi connectivity index (χ0) is 19.1. The van der Waals surface area contributed by atoms with Crippen LogP contribution in [0.4, 0.5) is 5.95 Å². The third kappa shape index (κ3) is 3.21. The lowest BCUT2D eigenvalue weighted by Gasteiger charge is -2.32. The third-order valence-electron chi connectivity index (χ3n) is 6.16. The largest absolute Gasteiger partial charge is 0.368 e. The van der Waals surface area contributed by atoms with E-state index in [-0.39, 0.29) is 11.8 Å². The Hall–Kier alpha value is -2.95. The fourth-order valence-corrected chi connectivity index (χ4v) is 4.54. The van der Waals surface area contributed by atoms with Crippen molar-refractivity contribution in [2.24, 2.45) is 5.92 Å². The zero-order valence-corrected chi connectivity index (χ0v) is 15.8. The highest BCUT2D eigenvalue weighted by Crippen LogP contribution is 2.49. The van der Waals surface area contributed by atoms with Gasteiger partial charge in [0.15, 0.2) is 0 Å². The number of rotatable bonds is 3. The Morgan fingerprint density at radius 2 is 1.96 bits per heavy atom. The van der Waals surface area contributed by atoms with Gasteiger partial charge in [-0.15, -0.1) is 0 Å². The van der Waals surface area contributed by atoms with Gasteiger partial charge < -0.3 is 10.6 Å². The number of benzene rings is 2. The lowest BCUT2D eigenvalue weighted by molar-refractivity contribution is -0.133. The highest BCUT2D eigenvalue weighted by atomic mass is 16.2. The van der Waals surface area contributed by atoms with E-state index < -0.39 is 0 Å². The summed E-state index contributed by atoms with van der Waals surface area (Å²) in [4.78, 5) is 23.5. The molecule has 1 aromatic heterocycles. The Labute approximate surface area is 164 Å². The Morgan fingerprint density at radius 1 is 1.11 bits per heavy atom. The van der Waals surface area contributed by atoms with Gasteiger partial charge in [-0.3, -0.25) is 4.79 Å². The first-order chi connectivity index (χ1) is 13.7. The minimum absolute atomic E-state index is 0.121. The van der Waals surface area contributed by atoms with Crippen LogP contribution >= 0.6 is 0 Å². The van der Waals surface area contributed by atoms with Crippen molar-refractivity contribution in [3.63, 3.8) is 0 Å². The van der Waals surface area contributed by atoms with E-state index in [0.29, 0.717) is 17.8 Å². The van der Waals surface area contributed by atoms with Crippen LogP contribution in [0.15, 0.2) is 54.7 Å². The fourth-order valence-electron chi connectivity index (χ4n) is 4.54. The van der Waals surface area contributed by atoms with Crippen LogP contribution in [0.2, 0.25) is 0 Å².